The van der Waals surface area contributed by atoms with Crippen molar-refractivity contribution >= 4 is 37.6 Å². The monoisotopic (exact) mass is 387 g/mol. The molecule has 1 N–H and O–H groups in total. The molecule has 0 bridgehead atoms. The molecular formula is C15H15BrClNO2S. The number of rotatable bonds is 5. The van der Waals surface area contributed by atoms with Crippen LogP contribution in [0.1, 0.15) is 11.1 Å². The van der Waals surface area contributed by atoms with Crippen molar-refractivity contribution in [1.29, 1.82) is 0 Å². The number of hydrogen-bond acceptors (Lipinski definition) is 2. The summed E-state index contributed by atoms with van der Waals surface area (Å²) in [6.45, 7) is 2.37. The number of hydrogen-bond donors (Lipinski definition) is 1. The predicted molar refractivity (Wildman–Crippen MR) is 89.2 cm³/mol. The Morgan fingerprint density at radius 3 is 2.57 bits per heavy atom. The third-order valence-electron chi connectivity index (χ3n) is 3.15. The average Bonchev–Trinajstić information content (AvgIpc) is 2.44. The minimum atomic E-state index is -3.52. The largest absolute Gasteiger partial charge is 0.240 e. The second-order valence-electron chi connectivity index (χ2n) is 4.65. The summed E-state index contributed by atoms with van der Waals surface area (Å²) in [5.41, 5.74) is 2.29. The minimum Gasteiger partial charge on any atom is -0.211 e. The Morgan fingerprint density at radius 2 is 1.90 bits per heavy atom. The molecule has 6 heteroatoms. The molecule has 0 radical (unpaired) electrons. The van der Waals surface area contributed by atoms with Crippen LogP contribution < -0.4 is 4.72 Å². The lowest BCUT2D eigenvalue weighted by molar-refractivity contribution is 0.581. The zero-order chi connectivity index (χ0) is 15.5. The van der Waals surface area contributed by atoms with Gasteiger partial charge in [-0.25, -0.2) is 13.1 Å². The van der Waals surface area contributed by atoms with Crippen LogP contribution in [-0.2, 0) is 16.4 Å². The van der Waals surface area contributed by atoms with Crippen LogP contribution in [0, 0.1) is 6.92 Å². The van der Waals surface area contributed by atoms with Crippen LogP contribution in [0.3, 0.4) is 0 Å². The van der Waals surface area contributed by atoms with E-state index in [4.69, 9.17) is 11.6 Å². The molecule has 0 spiro atoms. The van der Waals surface area contributed by atoms with Crippen molar-refractivity contribution in [3.63, 3.8) is 0 Å². The summed E-state index contributed by atoms with van der Waals surface area (Å²) in [6, 6.07) is 12.5. The van der Waals surface area contributed by atoms with E-state index in [0.717, 1.165) is 11.1 Å². The SMILES string of the molecule is Cc1ccccc1CCNS(=O)(=O)c1ccc(Cl)c(Br)c1. The fourth-order valence-corrected chi connectivity index (χ4v) is 3.64. The highest BCUT2D eigenvalue weighted by molar-refractivity contribution is 9.10. The molecule has 0 fully saturated rings. The van der Waals surface area contributed by atoms with Crippen LogP contribution in [0.25, 0.3) is 0 Å². The van der Waals surface area contributed by atoms with Crippen molar-refractivity contribution < 1.29 is 8.42 Å². The topological polar surface area (TPSA) is 46.2 Å². The van der Waals surface area contributed by atoms with Gasteiger partial charge in [0.25, 0.3) is 0 Å². The van der Waals surface area contributed by atoms with Crippen molar-refractivity contribution in [3.8, 4) is 0 Å². The number of nitrogens with one attached hydrogen (secondary N) is 1. The van der Waals surface area contributed by atoms with Crippen LogP contribution in [0.15, 0.2) is 51.8 Å². The van der Waals surface area contributed by atoms with E-state index in [1.54, 1.807) is 6.07 Å². The minimum absolute atomic E-state index is 0.198. The van der Waals surface area contributed by atoms with Crippen LogP contribution >= 0.6 is 27.5 Å². The summed E-state index contributed by atoms with van der Waals surface area (Å²) in [4.78, 5) is 0.198. The van der Waals surface area contributed by atoms with Gasteiger partial charge < -0.3 is 0 Å². The van der Waals surface area contributed by atoms with Gasteiger partial charge in [-0.3, -0.25) is 0 Å². The van der Waals surface area contributed by atoms with Gasteiger partial charge in [0, 0.05) is 11.0 Å². The summed E-state index contributed by atoms with van der Waals surface area (Å²) in [7, 11) is -3.52. The van der Waals surface area contributed by atoms with Crippen molar-refractivity contribution in [1.82, 2.24) is 4.72 Å². The zero-order valence-electron chi connectivity index (χ0n) is 11.4. The molecule has 112 valence electrons. The Morgan fingerprint density at radius 1 is 1.19 bits per heavy atom. The van der Waals surface area contributed by atoms with E-state index >= 15 is 0 Å². The molecule has 0 aliphatic rings. The van der Waals surface area contributed by atoms with Gasteiger partial charge >= 0.3 is 0 Å². The first-order valence-electron chi connectivity index (χ1n) is 6.39. The highest BCUT2D eigenvalue weighted by Gasteiger charge is 2.14. The Kier molecular flexibility index (Phi) is 5.43. The molecule has 0 heterocycles. The number of halogens is 2. The zero-order valence-corrected chi connectivity index (χ0v) is 14.6. The normalized spacial score (nSPS) is 11.6. The maximum Gasteiger partial charge on any atom is 0.240 e. The third kappa shape index (κ3) is 4.30. The van der Waals surface area contributed by atoms with E-state index in [2.05, 4.69) is 20.7 Å². The van der Waals surface area contributed by atoms with E-state index in [0.29, 0.717) is 22.5 Å². The van der Waals surface area contributed by atoms with Gasteiger partial charge in [0.1, 0.15) is 0 Å². The first kappa shape index (κ1) is 16.5. The van der Waals surface area contributed by atoms with Crippen molar-refractivity contribution in [2.24, 2.45) is 0 Å². The molecule has 0 unspecified atom stereocenters. The van der Waals surface area contributed by atoms with Crippen molar-refractivity contribution in [3.05, 3.63) is 63.1 Å². The molecule has 0 aliphatic heterocycles. The summed E-state index contributed by atoms with van der Waals surface area (Å²) in [5, 5.41) is 0.480. The lowest BCUT2D eigenvalue weighted by Gasteiger charge is -2.09. The van der Waals surface area contributed by atoms with E-state index in [9.17, 15) is 8.42 Å². The first-order valence-corrected chi connectivity index (χ1v) is 9.05. The lowest BCUT2D eigenvalue weighted by atomic mass is 10.1. The van der Waals surface area contributed by atoms with Gasteiger partial charge in [-0.1, -0.05) is 35.9 Å². The fourth-order valence-electron chi connectivity index (χ4n) is 1.94. The molecule has 0 saturated heterocycles. The summed E-state index contributed by atoms with van der Waals surface area (Å²) < 4.78 is 27.6. The second kappa shape index (κ2) is 6.92. The third-order valence-corrected chi connectivity index (χ3v) is 5.82. The maximum absolute atomic E-state index is 12.2. The molecular weight excluding hydrogens is 374 g/mol. The maximum atomic E-state index is 12.2. The molecule has 0 aliphatic carbocycles. The molecule has 2 rings (SSSR count). The quantitative estimate of drug-likeness (QED) is 0.843. The molecule has 2 aromatic carbocycles. The van der Waals surface area contributed by atoms with Gasteiger partial charge in [-0.05, 0) is 58.6 Å². The molecule has 2 aromatic rings. The van der Waals surface area contributed by atoms with Crippen LogP contribution in [0.5, 0.6) is 0 Å². The Hall–Kier alpha value is -0.880. The van der Waals surface area contributed by atoms with Crippen LogP contribution in [0.2, 0.25) is 5.02 Å². The molecule has 0 atom stereocenters. The Labute approximate surface area is 138 Å². The molecule has 0 saturated carbocycles. The summed E-state index contributed by atoms with van der Waals surface area (Å²) >= 11 is 9.10. The predicted octanol–water partition coefficient (Wildman–Crippen LogP) is 3.93. The van der Waals surface area contributed by atoms with Crippen molar-refractivity contribution in [2.75, 3.05) is 6.54 Å². The highest BCUT2D eigenvalue weighted by atomic mass is 79.9. The first-order chi connectivity index (χ1) is 9.90. The van der Waals surface area contributed by atoms with Gasteiger partial charge in [0.05, 0.1) is 9.92 Å². The smallest absolute Gasteiger partial charge is 0.211 e. The number of sulfonamides is 1. The van der Waals surface area contributed by atoms with Gasteiger partial charge in [-0.2, -0.15) is 0 Å². The Bertz CT molecular complexity index is 747. The standard InChI is InChI=1S/C15H15BrClNO2S/c1-11-4-2-3-5-12(11)8-9-18-21(19,20)13-6-7-15(17)14(16)10-13/h2-7,10,18H,8-9H2,1H3. The van der Waals surface area contributed by atoms with Crippen molar-refractivity contribution in [2.45, 2.75) is 18.2 Å². The summed E-state index contributed by atoms with van der Waals surface area (Å²) in [6.07, 6.45) is 0.653. The number of benzene rings is 2. The fraction of sp³-hybridized carbons (Fsp3) is 0.200. The average molecular weight is 389 g/mol. The van der Waals surface area contributed by atoms with Gasteiger partial charge in [0.2, 0.25) is 10.0 Å². The van der Waals surface area contributed by atoms with Crippen LogP contribution in [0.4, 0.5) is 0 Å². The van der Waals surface area contributed by atoms with Gasteiger partial charge in [0.15, 0.2) is 0 Å². The van der Waals surface area contributed by atoms with E-state index in [-0.39, 0.29) is 4.90 Å². The highest BCUT2D eigenvalue weighted by Crippen LogP contribution is 2.25. The lowest BCUT2D eigenvalue weighted by Crippen LogP contribution is -2.26. The van der Waals surface area contributed by atoms with E-state index < -0.39 is 10.0 Å². The second-order valence-corrected chi connectivity index (χ2v) is 7.68. The van der Waals surface area contributed by atoms with E-state index in [1.165, 1.54) is 12.1 Å². The summed E-state index contributed by atoms with van der Waals surface area (Å²) in [5.74, 6) is 0. The van der Waals surface area contributed by atoms with Gasteiger partial charge in [-0.15, -0.1) is 0 Å². The molecule has 0 amide bonds. The van der Waals surface area contributed by atoms with Crippen LogP contribution in [-0.4, -0.2) is 15.0 Å². The molecule has 21 heavy (non-hydrogen) atoms. The Balaban J connectivity index is 2.05. The molecule has 0 aromatic heterocycles. The van der Waals surface area contributed by atoms with E-state index in [1.807, 2.05) is 31.2 Å². The molecule has 3 nitrogen and oxygen atoms in total. The number of aryl methyl sites for hydroxylation is 1.